The molecule has 0 saturated heterocycles. The van der Waals surface area contributed by atoms with Gasteiger partial charge in [0.05, 0.1) is 13.0 Å². The van der Waals surface area contributed by atoms with E-state index in [-0.39, 0.29) is 6.61 Å². The quantitative estimate of drug-likeness (QED) is 0.845. The zero-order chi connectivity index (χ0) is 11.4. The van der Waals surface area contributed by atoms with E-state index in [9.17, 15) is 0 Å². The molecule has 1 heterocycles. The number of hydrogen-bond donors (Lipinski definition) is 1. The summed E-state index contributed by atoms with van der Waals surface area (Å²) in [5, 5.41) is 16.5. The summed E-state index contributed by atoms with van der Waals surface area (Å²) in [7, 11) is 0. The lowest BCUT2D eigenvalue weighted by molar-refractivity contribution is 0.283. The van der Waals surface area contributed by atoms with Crippen LogP contribution in [0.15, 0.2) is 28.7 Å². The number of nitrogens with zero attached hydrogens (tertiary/aromatic N) is 2. The van der Waals surface area contributed by atoms with Crippen molar-refractivity contribution >= 4 is 0 Å². The summed E-state index contributed by atoms with van der Waals surface area (Å²) in [5.74, 6) is 1.09. The third kappa shape index (κ3) is 2.46. The Hall–Kier alpha value is -1.68. The van der Waals surface area contributed by atoms with Gasteiger partial charge in [-0.15, -0.1) is 10.2 Å². The largest absolute Gasteiger partial charge is 0.425 e. The maximum absolute atomic E-state index is 8.74. The van der Waals surface area contributed by atoms with Crippen LogP contribution < -0.4 is 0 Å². The predicted molar refractivity (Wildman–Crippen MR) is 59.1 cm³/mol. The van der Waals surface area contributed by atoms with Gasteiger partial charge in [-0.05, 0) is 18.1 Å². The average molecular weight is 218 g/mol. The fourth-order valence-electron chi connectivity index (χ4n) is 1.53. The van der Waals surface area contributed by atoms with E-state index in [4.69, 9.17) is 9.52 Å². The van der Waals surface area contributed by atoms with Crippen LogP contribution in [0.5, 0.6) is 0 Å². The minimum absolute atomic E-state index is 0.0337. The van der Waals surface area contributed by atoms with Gasteiger partial charge >= 0.3 is 0 Å². The van der Waals surface area contributed by atoms with E-state index in [1.54, 1.807) is 0 Å². The first-order valence-corrected chi connectivity index (χ1v) is 5.26. The Kier molecular flexibility index (Phi) is 3.31. The fraction of sp³-hybridized carbons (Fsp3) is 0.333. The molecule has 0 amide bonds. The van der Waals surface area contributed by atoms with Crippen LogP contribution >= 0.6 is 0 Å². The van der Waals surface area contributed by atoms with E-state index in [1.807, 2.05) is 18.2 Å². The topological polar surface area (TPSA) is 59.2 Å². The van der Waals surface area contributed by atoms with Crippen molar-refractivity contribution in [3.63, 3.8) is 0 Å². The molecular formula is C12H14N2O2. The molecule has 2 aromatic rings. The van der Waals surface area contributed by atoms with Crippen molar-refractivity contribution in [3.05, 3.63) is 47.2 Å². The lowest BCUT2D eigenvalue weighted by atomic mass is 10.1. The van der Waals surface area contributed by atoms with Crippen molar-refractivity contribution in [2.75, 3.05) is 6.61 Å². The molecule has 1 N–H and O–H groups in total. The van der Waals surface area contributed by atoms with Gasteiger partial charge < -0.3 is 9.52 Å². The Morgan fingerprint density at radius 2 is 1.94 bits per heavy atom. The molecule has 0 fully saturated rings. The van der Waals surface area contributed by atoms with E-state index in [0.29, 0.717) is 24.6 Å². The van der Waals surface area contributed by atoms with Crippen molar-refractivity contribution in [1.29, 1.82) is 0 Å². The molecule has 4 heteroatoms. The number of aryl methyl sites for hydroxylation is 1. The number of aliphatic hydroxyl groups is 1. The summed E-state index contributed by atoms with van der Waals surface area (Å²) < 4.78 is 5.40. The second-order valence-corrected chi connectivity index (χ2v) is 3.67. The predicted octanol–water partition coefficient (Wildman–Crippen LogP) is 1.50. The normalized spacial score (nSPS) is 10.6. The highest BCUT2D eigenvalue weighted by molar-refractivity contribution is 5.27. The zero-order valence-electron chi connectivity index (χ0n) is 9.18. The summed E-state index contributed by atoms with van der Waals surface area (Å²) in [4.78, 5) is 0. The molecule has 1 aromatic carbocycles. The van der Waals surface area contributed by atoms with Gasteiger partial charge in [0, 0.05) is 6.42 Å². The molecule has 0 aliphatic carbocycles. The second kappa shape index (κ2) is 4.90. The number of hydrogen-bond acceptors (Lipinski definition) is 4. The molecule has 0 spiro atoms. The first-order valence-electron chi connectivity index (χ1n) is 5.26. The molecule has 0 radical (unpaired) electrons. The third-order valence-electron chi connectivity index (χ3n) is 2.44. The van der Waals surface area contributed by atoms with E-state index in [2.05, 4.69) is 23.2 Å². The first kappa shape index (κ1) is 10.8. The molecule has 0 aliphatic rings. The zero-order valence-corrected chi connectivity index (χ0v) is 9.18. The molecule has 0 bridgehead atoms. The molecule has 84 valence electrons. The van der Waals surface area contributed by atoms with Crippen molar-refractivity contribution in [3.8, 4) is 0 Å². The van der Waals surface area contributed by atoms with Crippen molar-refractivity contribution < 1.29 is 9.52 Å². The SMILES string of the molecule is Cc1ccccc1Cc1nnc(CCO)o1. The van der Waals surface area contributed by atoms with Crippen molar-refractivity contribution in [2.45, 2.75) is 19.8 Å². The Labute approximate surface area is 93.9 Å². The fourth-order valence-corrected chi connectivity index (χ4v) is 1.53. The standard InChI is InChI=1S/C12H14N2O2/c1-9-4-2-3-5-10(9)8-12-14-13-11(16-12)6-7-15/h2-5,15H,6-8H2,1H3. The average Bonchev–Trinajstić information content (AvgIpc) is 2.70. The first-order chi connectivity index (χ1) is 7.79. The molecule has 2 rings (SSSR count). The minimum Gasteiger partial charge on any atom is -0.425 e. The summed E-state index contributed by atoms with van der Waals surface area (Å²) in [6.45, 7) is 2.09. The van der Waals surface area contributed by atoms with E-state index in [0.717, 1.165) is 0 Å². The van der Waals surface area contributed by atoms with Gasteiger partial charge in [0.15, 0.2) is 0 Å². The molecule has 0 atom stereocenters. The van der Waals surface area contributed by atoms with E-state index < -0.39 is 0 Å². The number of benzene rings is 1. The highest BCUT2D eigenvalue weighted by Gasteiger charge is 2.07. The molecule has 0 aliphatic heterocycles. The van der Waals surface area contributed by atoms with Gasteiger partial charge in [-0.3, -0.25) is 0 Å². The highest BCUT2D eigenvalue weighted by Crippen LogP contribution is 2.12. The Morgan fingerprint density at radius 1 is 1.19 bits per heavy atom. The molecule has 0 saturated carbocycles. The van der Waals surface area contributed by atoms with Crippen molar-refractivity contribution in [1.82, 2.24) is 10.2 Å². The minimum atomic E-state index is 0.0337. The number of aliphatic hydroxyl groups excluding tert-OH is 1. The van der Waals surface area contributed by atoms with Crippen LogP contribution in [-0.2, 0) is 12.8 Å². The van der Waals surface area contributed by atoms with Gasteiger partial charge in [0.25, 0.3) is 0 Å². The smallest absolute Gasteiger partial charge is 0.220 e. The number of rotatable bonds is 4. The lowest BCUT2D eigenvalue weighted by Gasteiger charge is -2.00. The van der Waals surface area contributed by atoms with Crippen LogP contribution in [0.1, 0.15) is 22.9 Å². The van der Waals surface area contributed by atoms with Gasteiger partial charge in [-0.1, -0.05) is 24.3 Å². The summed E-state index contributed by atoms with van der Waals surface area (Å²) in [6.07, 6.45) is 1.06. The maximum atomic E-state index is 8.74. The van der Waals surface area contributed by atoms with Gasteiger partial charge in [0.1, 0.15) is 0 Å². The van der Waals surface area contributed by atoms with Crippen LogP contribution in [0.25, 0.3) is 0 Å². The second-order valence-electron chi connectivity index (χ2n) is 3.67. The van der Waals surface area contributed by atoms with Crippen molar-refractivity contribution in [2.24, 2.45) is 0 Å². The molecule has 16 heavy (non-hydrogen) atoms. The van der Waals surface area contributed by atoms with Crippen LogP contribution in [0.4, 0.5) is 0 Å². The van der Waals surface area contributed by atoms with E-state index >= 15 is 0 Å². The Balaban J connectivity index is 2.11. The van der Waals surface area contributed by atoms with Crippen LogP contribution in [0, 0.1) is 6.92 Å². The Morgan fingerprint density at radius 3 is 2.69 bits per heavy atom. The summed E-state index contributed by atoms with van der Waals surface area (Å²) >= 11 is 0. The highest BCUT2D eigenvalue weighted by atomic mass is 16.4. The monoisotopic (exact) mass is 218 g/mol. The molecule has 1 aromatic heterocycles. The van der Waals surface area contributed by atoms with E-state index in [1.165, 1.54) is 11.1 Å². The third-order valence-corrected chi connectivity index (χ3v) is 2.44. The van der Waals surface area contributed by atoms with Crippen LogP contribution in [0.2, 0.25) is 0 Å². The van der Waals surface area contributed by atoms with Gasteiger partial charge in [0.2, 0.25) is 11.8 Å². The van der Waals surface area contributed by atoms with Crippen LogP contribution in [-0.4, -0.2) is 21.9 Å². The maximum Gasteiger partial charge on any atom is 0.220 e. The molecule has 4 nitrogen and oxygen atoms in total. The Bertz CT molecular complexity index is 466. The lowest BCUT2D eigenvalue weighted by Crippen LogP contribution is -1.91. The van der Waals surface area contributed by atoms with Gasteiger partial charge in [-0.2, -0.15) is 0 Å². The number of aromatic nitrogens is 2. The summed E-state index contributed by atoms with van der Waals surface area (Å²) in [6, 6.07) is 8.10. The summed E-state index contributed by atoms with van der Waals surface area (Å²) in [5.41, 5.74) is 2.39. The van der Waals surface area contributed by atoms with Gasteiger partial charge in [-0.25, -0.2) is 0 Å². The van der Waals surface area contributed by atoms with Crippen LogP contribution in [0.3, 0.4) is 0 Å². The molecule has 0 unspecified atom stereocenters. The molecular weight excluding hydrogens is 204 g/mol.